The normalized spacial score (nSPS) is 10.2. The number of nitrogens with one attached hydrogen (secondary N) is 2. The number of fused-ring (bicyclic) bond motifs is 1. The van der Waals surface area contributed by atoms with E-state index in [1.807, 2.05) is 0 Å². The van der Waals surface area contributed by atoms with Crippen molar-refractivity contribution >= 4 is 29.2 Å². The highest BCUT2D eigenvalue weighted by Crippen LogP contribution is 2.10. The summed E-state index contributed by atoms with van der Waals surface area (Å²) in [6.45, 7) is 1.85. The van der Waals surface area contributed by atoms with Crippen molar-refractivity contribution in [3.63, 3.8) is 0 Å². The molecule has 0 saturated heterocycles. The molecule has 98 valence electrons. The number of amides is 1. The van der Waals surface area contributed by atoms with Crippen LogP contribution in [0.15, 0.2) is 23.1 Å². The van der Waals surface area contributed by atoms with Gasteiger partial charge in [-0.05, 0) is 19.1 Å². The van der Waals surface area contributed by atoms with Gasteiger partial charge in [0.25, 0.3) is 0 Å². The SMILES string of the molecule is CCOC(=O)c1c[nH]c2nc(NC=O)ccc2c1=O. The number of ether oxygens (including phenoxy) is 1. The van der Waals surface area contributed by atoms with Crippen molar-refractivity contribution in [1.82, 2.24) is 9.97 Å². The van der Waals surface area contributed by atoms with Gasteiger partial charge < -0.3 is 15.0 Å². The lowest BCUT2D eigenvalue weighted by atomic mass is 10.2. The standard InChI is InChI=1S/C12H11N3O4/c1-2-19-12(18)8-5-13-11-7(10(8)17)3-4-9(15-11)14-6-16/h3-6H,2H2,1H3,(H2,13,14,15,16,17). The number of esters is 1. The lowest BCUT2D eigenvalue weighted by Crippen LogP contribution is -2.18. The highest BCUT2D eigenvalue weighted by molar-refractivity contribution is 5.93. The number of carbonyl (C=O) groups excluding carboxylic acids is 2. The first kappa shape index (κ1) is 12.7. The summed E-state index contributed by atoms with van der Waals surface area (Å²) in [5, 5.41) is 2.62. The van der Waals surface area contributed by atoms with Crippen molar-refractivity contribution in [3.8, 4) is 0 Å². The lowest BCUT2D eigenvalue weighted by molar-refractivity contribution is -0.105. The first-order valence-corrected chi connectivity index (χ1v) is 5.57. The minimum absolute atomic E-state index is 0.0766. The quantitative estimate of drug-likeness (QED) is 0.622. The van der Waals surface area contributed by atoms with Crippen molar-refractivity contribution < 1.29 is 14.3 Å². The summed E-state index contributed by atoms with van der Waals surface area (Å²) in [5.74, 6) is -0.372. The van der Waals surface area contributed by atoms with Gasteiger partial charge in [0.15, 0.2) is 0 Å². The van der Waals surface area contributed by atoms with Crippen LogP contribution in [0.3, 0.4) is 0 Å². The summed E-state index contributed by atoms with van der Waals surface area (Å²) < 4.78 is 4.78. The van der Waals surface area contributed by atoms with Crippen LogP contribution in [-0.4, -0.2) is 29.0 Å². The van der Waals surface area contributed by atoms with Crippen LogP contribution in [0.25, 0.3) is 11.0 Å². The number of aromatic nitrogens is 2. The van der Waals surface area contributed by atoms with Gasteiger partial charge in [-0.1, -0.05) is 0 Å². The maximum Gasteiger partial charge on any atom is 0.343 e. The van der Waals surface area contributed by atoms with Crippen molar-refractivity contribution in [1.29, 1.82) is 0 Å². The van der Waals surface area contributed by atoms with Gasteiger partial charge in [-0.3, -0.25) is 9.59 Å². The molecule has 0 aromatic carbocycles. The van der Waals surface area contributed by atoms with Gasteiger partial charge in [0.2, 0.25) is 11.8 Å². The molecule has 0 aliphatic heterocycles. The van der Waals surface area contributed by atoms with Crippen LogP contribution in [0.2, 0.25) is 0 Å². The molecular formula is C12H11N3O4. The molecule has 0 bridgehead atoms. The molecule has 1 amide bonds. The third kappa shape index (κ3) is 2.44. The third-order valence-electron chi connectivity index (χ3n) is 2.44. The van der Waals surface area contributed by atoms with E-state index in [-0.39, 0.29) is 23.2 Å². The number of hydrogen-bond acceptors (Lipinski definition) is 5. The number of pyridine rings is 2. The molecule has 2 aromatic rings. The Morgan fingerprint density at radius 2 is 2.32 bits per heavy atom. The Labute approximate surface area is 107 Å². The zero-order valence-corrected chi connectivity index (χ0v) is 10.1. The fourth-order valence-corrected chi connectivity index (χ4v) is 1.60. The summed E-state index contributed by atoms with van der Waals surface area (Å²) in [6.07, 6.45) is 1.74. The van der Waals surface area contributed by atoms with Crippen LogP contribution in [0.5, 0.6) is 0 Å². The molecular weight excluding hydrogens is 250 g/mol. The minimum Gasteiger partial charge on any atom is -0.462 e. The van der Waals surface area contributed by atoms with E-state index in [0.717, 1.165) is 0 Å². The summed E-state index contributed by atoms with van der Waals surface area (Å²) in [5.41, 5.74) is -0.255. The van der Waals surface area contributed by atoms with Gasteiger partial charge in [-0.25, -0.2) is 9.78 Å². The van der Waals surface area contributed by atoms with Crippen molar-refractivity contribution in [2.24, 2.45) is 0 Å². The molecule has 2 heterocycles. The Hall–Kier alpha value is -2.70. The van der Waals surface area contributed by atoms with Crippen molar-refractivity contribution in [2.45, 2.75) is 6.92 Å². The number of anilines is 1. The second-order valence-electron chi connectivity index (χ2n) is 3.61. The van der Waals surface area contributed by atoms with Gasteiger partial charge in [0.05, 0.1) is 12.0 Å². The highest BCUT2D eigenvalue weighted by Gasteiger charge is 2.14. The zero-order chi connectivity index (χ0) is 13.8. The number of H-pyrrole nitrogens is 1. The Morgan fingerprint density at radius 1 is 1.53 bits per heavy atom. The van der Waals surface area contributed by atoms with Crippen LogP contribution in [0, 0.1) is 0 Å². The molecule has 19 heavy (non-hydrogen) atoms. The molecule has 0 saturated carbocycles. The Kier molecular flexibility index (Phi) is 3.56. The van der Waals surface area contributed by atoms with Crippen LogP contribution in [-0.2, 0) is 9.53 Å². The molecule has 2 N–H and O–H groups in total. The highest BCUT2D eigenvalue weighted by atomic mass is 16.5. The number of aromatic amines is 1. The molecule has 0 fully saturated rings. The average Bonchev–Trinajstić information content (AvgIpc) is 2.39. The van der Waals surface area contributed by atoms with E-state index in [1.165, 1.54) is 18.3 Å². The van der Waals surface area contributed by atoms with Gasteiger partial charge in [-0.2, -0.15) is 0 Å². The van der Waals surface area contributed by atoms with E-state index in [0.29, 0.717) is 12.2 Å². The summed E-state index contributed by atoms with van der Waals surface area (Å²) in [6, 6.07) is 2.95. The van der Waals surface area contributed by atoms with Crippen LogP contribution in [0.4, 0.5) is 5.82 Å². The van der Waals surface area contributed by atoms with Crippen molar-refractivity contribution in [3.05, 3.63) is 34.1 Å². The molecule has 0 aliphatic carbocycles. The minimum atomic E-state index is -0.680. The monoisotopic (exact) mass is 261 g/mol. The van der Waals surface area contributed by atoms with Gasteiger partial charge in [0, 0.05) is 6.20 Å². The number of rotatable bonds is 4. The van der Waals surface area contributed by atoms with E-state index in [9.17, 15) is 14.4 Å². The number of nitrogens with zero attached hydrogens (tertiary/aromatic N) is 1. The fourth-order valence-electron chi connectivity index (χ4n) is 1.60. The summed E-state index contributed by atoms with van der Waals surface area (Å²) in [7, 11) is 0. The molecule has 0 atom stereocenters. The largest absolute Gasteiger partial charge is 0.462 e. The average molecular weight is 261 g/mol. The first-order valence-electron chi connectivity index (χ1n) is 5.57. The maximum absolute atomic E-state index is 12.1. The number of hydrogen-bond donors (Lipinski definition) is 2. The smallest absolute Gasteiger partial charge is 0.343 e. The molecule has 7 nitrogen and oxygen atoms in total. The van der Waals surface area contributed by atoms with Gasteiger partial charge in [0.1, 0.15) is 17.0 Å². The van der Waals surface area contributed by atoms with Crippen LogP contribution < -0.4 is 10.7 Å². The number of carbonyl (C=O) groups is 2. The molecule has 2 aromatic heterocycles. The van der Waals surface area contributed by atoms with Gasteiger partial charge >= 0.3 is 5.97 Å². The molecule has 0 aliphatic rings. The summed E-state index contributed by atoms with van der Waals surface area (Å²) in [4.78, 5) is 40.7. The lowest BCUT2D eigenvalue weighted by Gasteiger charge is -2.04. The molecule has 0 unspecified atom stereocenters. The van der Waals surface area contributed by atoms with E-state index in [1.54, 1.807) is 6.92 Å². The molecule has 0 radical (unpaired) electrons. The van der Waals surface area contributed by atoms with E-state index in [2.05, 4.69) is 15.3 Å². The van der Waals surface area contributed by atoms with Crippen LogP contribution >= 0.6 is 0 Å². The van der Waals surface area contributed by atoms with Crippen LogP contribution in [0.1, 0.15) is 17.3 Å². The Bertz CT molecular complexity index is 693. The molecule has 0 spiro atoms. The fraction of sp³-hybridized carbons (Fsp3) is 0.167. The maximum atomic E-state index is 12.1. The zero-order valence-electron chi connectivity index (χ0n) is 10.1. The van der Waals surface area contributed by atoms with E-state index >= 15 is 0 Å². The predicted octanol–water partition coefficient (Wildman–Crippen LogP) is 0.668. The topological polar surface area (TPSA) is 101 Å². The van der Waals surface area contributed by atoms with Gasteiger partial charge in [-0.15, -0.1) is 0 Å². The second kappa shape index (κ2) is 5.30. The Balaban J connectivity index is 2.54. The predicted molar refractivity (Wildman–Crippen MR) is 68.0 cm³/mol. The third-order valence-corrected chi connectivity index (χ3v) is 2.44. The Morgan fingerprint density at radius 3 is 3.00 bits per heavy atom. The summed E-state index contributed by atoms with van der Waals surface area (Å²) >= 11 is 0. The van der Waals surface area contributed by atoms with Crippen molar-refractivity contribution in [2.75, 3.05) is 11.9 Å². The molecule has 2 rings (SSSR count). The molecule has 7 heteroatoms. The first-order chi connectivity index (χ1) is 9.17. The van der Waals surface area contributed by atoms with E-state index < -0.39 is 11.4 Å². The second-order valence-corrected chi connectivity index (χ2v) is 3.61. The van der Waals surface area contributed by atoms with E-state index in [4.69, 9.17) is 4.74 Å².